The van der Waals surface area contributed by atoms with E-state index in [1.165, 1.54) is 0 Å². The summed E-state index contributed by atoms with van der Waals surface area (Å²) in [5.74, 6) is 1.59. The summed E-state index contributed by atoms with van der Waals surface area (Å²) in [4.78, 5) is 21.7. The van der Waals surface area contributed by atoms with Crippen LogP contribution < -0.4 is 9.64 Å². The average Bonchev–Trinajstić information content (AvgIpc) is 3.23. The largest absolute Gasteiger partial charge is 0.497 e. The lowest BCUT2D eigenvalue weighted by atomic mass is 10.1. The fourth-order valence-electron chi connectivity index (χ4n) is 3.96. The van der Waals surface area contributed by atoms with Crippen molar-refractivity contribution in [1.82, 2.24) is 14.5 Å². The smallest absolute Gasteiger partial charge is 0.326 e. The number of nitrogens with zero attached hydrogens (tertiary/aromatic N) is 4. The van der Waals surface area contributed by atoms with Gasteiger partial charge in [-0.05, 0) is 18.2 Å². The molecule has 0 N–H and O–H groups in total. The minimum atomic E-state index is -0.00306. The standard InChI is InChI=1S/C22H22N4O3.ClH/c1-28-17-6-4-5-16(13-17)21-23-14-20-18-7-2-3-8-19(18)26(15-25(20)21)22(27)24-9-11-29-12-10-24;/h2-8,13-14H,9-12,15H2,1H3;1H. The third-order valence-corrected chi connectivity index (χ3v) is 5.45. The second kappa shape index (κ2) is 8.38. The summed E-state index contributed by atoms with van der Waals surface area (Å²) in [6.45, 7) is 2.78. The zero-order valence-corrected chi connectivity index (χ0v) is 17.5. The van der Waals surface area contributed by atoms with Crippen LogP contribution in [0.2, 0.25) is 0 Å². The Kier molecular flexibility index (Phi) is 5.65. The molecule has 30 heavy (non-hydrogen) atoms. The predicted molar refractivity (Wildman–Crippen MR) is 117 cm³/mol. The summed E-state index contributed by atoms with van der Waals surface area (Å²) < 4.78 is 12.9. The molecule has 0 aliphatic carbocycles. The van der Waals surface area contributed by atoms with Gasteiger partial charge in [0, 0.05) is 24.2 Å². The van der Waals surface area contributed by atoms with Crippen molar-refractivity contribution >= 4 is 24.1 Å². The van der Waals surface area contributed by atoms with Crippen LogP contribution in [-0.4, -0.2) is 53.9 Å². The van der Waals surface area contributed by atoms with Crippen LogP contribution in [0.1, 0.15) is 0 Å². The molecule has 0 bridgehead atoms. The Morgan fingerprint density at radius 1 is 1.10 bits per heavy atom. The predicted octanol–water partition coefficient (Wildman–Crippen LogP) is 3.88. The van der Waals surface area contributed by atoms with Gasteiger partial charge < -0.3 is 18.9 Å². The van der Waals surface area contributed by atoms with Crippen LogP contribution >= 0.6 is 12.4 Å². The maximum absolute atomic E-state index is 13.3. The Bertz CT molecular complexity index is 1060. The van der Waals surface area contributed by atoms with Gasteiger partial charge in [0.05, 0.1) is 37.9 Å². The number of amides is 2. The number of morpholine rings is 1. The van der Waals surface area contributed by atoms with Crippen LogP contribution in [0.5, 0.6) is 5.75 Å². The van der Waals surface area contributed by atoms with Gasteiger partial charge in [0.15, 0.2) is 0 Å². The molecule has 3 aromatic rings. The first kappa shape index (κ1) is 20.3. The molecule has 0 spiro atoms. The van der Waals surface area contributed by atoms with Crippen molar-refractivity contribution in [3.8, 4) is 28.4 Å². The van der Waals surface area contributed by atoms with Gasteiger partial charge in [0.1, 0.15) is 18.2 Å². The van der Waals surface area contributed by atoms with E-state index in [0.29, 0.717) is 33.0 Å². The number of carbonyl (C=O) groups excluding carboxylic acids is 1. The van der Waals surface area contributed by atoms with E-state index in [2.05, 4.69) is 9.55 Å². The Hall–Kier alpha value is -3.03. The van der Waals surface area contributed by atoms with Crippen LogP contribution in [-0.2, 0) is 11.4 Å². The first-order valence-corrected chi connectivity index (χ1v) is 9.70. The maximum atomic E-state index is 13.3. The number of aromatic nitrogens is 2. The molecule has 7 nitrogen and oxygen atoms in total. The molecule has 2 amide bonds. The number of ether oxygens (including phenoxy) is 2. The third-order valence-electron chi connectivity index (χ3n) is 5.45. The van der Waals surface area contributed by atoms with Gasteiger partial charge in [-0.25, -0.2) is 9.78 Å². The minimum absolute atomic E-state index is 0. The quantitative estimate of drug-likeness (QED) is 0.624. The second-order valence-electron chi connectivity index (χ2n) is 7.10. The highest BCUT2D eigenvalue weighted by Crippen LogP contribution is 2.39. The lowest BCUT2D eigenvalue weighted by molar-refractivity contribution is 0.0545. The molecular formula is C22H23ClN4O3. The normalized spacial score (nSPS) is 15.1. The summed E-state index contributed by atoms with van der Waals surface area (Å²) in [6, 6.07) is 15.8. The highest BCUT2D eigenvalue weighted by Gasteiger charge is 2.31. The topological polar surface area (TPSA) is 59.8 Å². The molecule has 0 unspecified atom stereocenters. The van der Waals surface area contributed by atoms with Gasteiger partial charge in [-0.2, -0.15) is 0 Å². The number of carbonyl (C=O) groups is 1. The summed E-state index contributed by atoms with van der Waals surface area (Å²) in [6.07, 6.45) is 1.88. The molecule has 1 aromatic heterocycles. The molecule has 1 saturated heterocycles. The van der Waals surface area contributed by atoms with E-state index in [1.807, 2.05) is 64.5 Å². The van der Waals surface area contributed by atoms with E-state index in [4.69, 9.17) is 9.47 Å². The Morgan fingerprint density at radius 2 is 1.90 bits per heavy atom. The summed E-state index contributed by atoms with van der Waals surface area (Å²) in [5.41, 5.74) is 3.87. The van der Waals surface area contributed by atoms with Crippen LogP contribution in [0.3, 0.4) is 0 Å². The van der Waals surface area contributed by atoms with Gasteiger partial charge >= 0.3 is 6.03 Å². The molecule has 156 valence electrons. The van der Waals surface area contributed by atoms with Crippen molar-refractivity contribution < 1.29 is 14.3 Å². The molecule has 8 heteroatoms. The first-order valence-electron chi connectivity index (χ1n) is 9.70. The number of hydrogen-bond donors (Lipinski definition) is 0. The summed E-state index contributed by atoms with van der Waals surface area (Å²) >= 11 is 0. The summed E-state index contributed by atoms with van der Waals surface area (Å²) in [7, 11) is 1.65. The van der Waals surface area contributed by atoms with Crippen molar-refractivity contribution in [2.45, 2.75) is 6.67 Å². The van der Waals surface area contributed by atoms with Crippen LogP contribution in [0.4, 0.5) is 10.5 Å². The zero-order chi connectivity index (χ0) is 19.8. The molecule has 1 fully saturated rings. The molecule has 0 saturated carbocycles. The first-order chi connectivity index (χ1) is 14.3. The van der Waals surface area contributed by atoms with E-state index in [0.717, 1.165) is 34.1 Å². The molecule has 0 atom stereocenters. The number of methoxy groups -OCH3 is 1. The van der Waals surface area contributed by atoms with Crippen LogP contribution in [0.15, 0.2) is 54.7 Å². The number of para-hydroxylation sites is 1. The fraction of sp³-hybridized carbons (Fsp3) is 0.273. The van der Waals surface area contributed by atoms with Gasteiger partial charge in [-0.1, -0.05) is 30.3 Å². The number of rotatable bonds is 2. The van der Waals surface area contributed by atoms with E-state index in [9.17, 15) is 4.79 Å². The molecule has 2 aliphatic rings. The highest BCUT2D eigenvalue weighted by atomic mass is 35.5. The van der Waals surface area contributed by atoms with Crippen molar-refractivity contribution in [2.24, 2.45) is 0 Å². The van der Waals surface area contributed by atoms with Crippen molar-refractivity contribution in [3.05, 3.63) is 54.7 Å². The number of halogens is 1. The third kappa shape index (κ3) is 3.40. The zero-order valence-electron chi connectivity index (χ0n) is 16.7. The van der Waals surface area contributed by atoms with Gasteiger partial charge in [0.2, 0.25) is 0 Å². The van der Waals surface area contributed by atoms with Crippen LogP contribution in [0.25, 0.3) is 22.6 Å². The van der Waals surface area contributed by atoms with Crippen molar-refractivity contribution in [2.75, 3.05) is 38.3 Å². The SMILES string of the molecule is COc1cccc(-c2ncc3n2CN(C(=O)N2CCOCC2)c2ccccc2-3)c1.Cl. The monoisotopic (exact) mass is 426 g/mol. The molecule has 2 aliphatic heterocycles. The molecule has 0 radical (unpaired) electrons. The molecular weight excluding hydrogens is 404 g/mol. The van der Waals surface area contributed by atoms with Crippen molar-refractivity contribution in [3.63, 3.8) is 0 Å². The Balaban J connectivity index is 0.00000218. The maximum Gasteiger partial charge on any atom is 0.326 e. The highest BCUT2D eigenvalue weighted by molar-refractivity contribution is 5.97. The number of hydrogen-bond acceptors (Lipinski definition) is 4. The average molecular weight is 427 g/mol. The molecule has 3 heterocycles. The van der Waals surface area contributed by atoms with E-state index >= 15 is 0 Å². The Labute approximate surface area is 181 Å². The van der Waals surface area contributed by atoms with Crippen LogP contribution in [0, 0.1) is 0 Å². The number of urea groups is 1. The Morgan fingerprint density at radius 3 is 2.70 bits per heavy atom. The van der Waals surface area contributed by atoms with E-state index in [-0.39, 0.29) is 18.4 Å². The van der Waals surface area contributed by atoms with E-state index < -0.39 is 0 Å². The lowest BCUT2D eigenvalue weighted by Gasteiger charge is -2.36. The number of anilines is 1. The number of imidazole rings is 1. The fourth-order valence-corrected chi connectivity index (χ4v) is 3.96. The second-order valence-corrected chi connectivity index (χ2v) is 7.10. The van der Waals surface area contributed by atoms with E-state index in [1.54, 1.807) is 7.11 Å². The van der Waals surface area contributed by atoms with Gasteiger partial charge in [-0.15, -0.1) is 12.4 Å². The molecule has 5 rings (SSSR count). The number of benzene rings is 2. The van der Waals surface area contributed by atoms with Gasteiger partial charge in [0.25, 0.3) is 0 Å². The lowest BCUT2D eigenvalue weighted by Crippen LogP contribution is -2.49. The summed E-state index contributed by atoms with van der Waals surface area (Å²) in [5, 5.41) is 0. The number of fused-ring (bicyclic) bond motifs is 3. The minimum Gasteiger partial charge on any atom is -0.497 e. The van der Waals surface area contributed by atoms with Crippen molar-refractivity contribution in [1.29, 1.82) is 0 Å². The van der Waals surface area contributed by atoms with Gasteiger partial charge in [-0.3, -0.25) is 4.90 Å². The molecule has 2 aromatic carbocycles.